The second-order valence-corrected chi connectivity index (χ2v) is 9.90. The van der Waals surface area contributed by atoms with E-state index in [1.807, 2.05) is 12.1 Å². The third-order valence-corrected chi connectivity index (χ3v) is 7.52. The van der Waals surface area contributed by atoms with Crippen LogP contribution in [0.1, 0.15) is 36.0 Å². The average Bonchev–Trinajstić information content (AvgIpc) is 3.08. The number of amides is 1. The molecule has 2 aromatic carbocycles. The Bertz CT molecular complexity index is 1000. The van der Waals surface area contributed by atoms with Gasteiger partial charge in [0.1, 0.15) is 0 Å². The molecule has 1 N–H and O–H groups in total. The summed E-state index contributed by atoms with van der Waals surface area (Å²) in [5, 5.41) is 3.54. The Labute approximate surface area is 176 Å². The first-order valence-corrected chi connectivity index (χ1v) is 11.9. The fraction of sp³-hybridized carbons (Fsp3) is 0.381. The smallest absolute Gasteiger partial charge is 0.255 e. The van der Waals surface area contributed by atoms with E-state index in [9.17, 15) is 13.2 Å². The first-order chi connectivity index (χ1) is 13.9. The van der Waals surface area contributed by atoms with Crippen molar-refractivity contribution in [2.75, 3.05) is 39.9 Å². The van der Waals surface area contributed by atoms with Crippen molar-refractivity contribution >= 4 is 44.6 Å². The van der Waals surface area contributed by atoms with Crippen molar-refractivity contribution in [1.29, 1.82) is 0 Å². The van der Waals surface area contributed by atoms with E-state index in [-0.39, 0.29) is 11.7 Å². The van der Waals surface area contributed by atoms with E-state index >= 15 is 0 Å². The van der Waals surface area contributed by atoms with E-state index in [0.717, 1.165) is 31.6 Å². The molecule has 1 amide bonds. The fourth-order valence-electron chi connectivity index (χ4n) is 3.92. The molecular weight excluding hydrogens is 410 g/mol. The molecular formula is C21H24ClN3O3S. The third kappa shape index (κ3) is 4.36. The van der Waals surface area contributed by atoms with Gasteiger partial charge >= 0.3 is 0 Å². The van der Waals surface area contributed by atoms with E-state index < -0.39 is 10.0 Å². The Morgan fingerprint density at radius 3 is 2.31 bits per heavy atom. The van der Waals surface area contributed by atoms with Gasteiger partial charge < -0.3 is 10.2 Å². The zero-order valence-corrected chi connectivity index (χ0v) is 17.7. The SMILES string of the molecule is O=C(Nc1cc(Cl)ccc1N1CCCCC1)c1ccc(N2CCCS2(=O)=O)cc1. The maximum absolute atomic E-state index is 12.8. The zero-order chi connectivity index (χ0) is 20.4. The molecule has 2 saturated heterocycles. The molecule has 154 valence electrons. The monoisotopic (exact) mass is 433 g/mol. The van der Waals surface area contributed by atoms with Crippen LogP contribution in [0.4, 0.5) is 17.1 Å². The molecule has 0 aromatic heterocycles. The number of sulfonamides is 1. The summed E-state index contributed by atoms with van der Waals surface area (Å²) in [6.07, 6.45) is 4.12. The van der Waals surface area contributed by atoms with Gasteiger partial charge in [-0.15, -0.1) is 0 Å². The van der Waals surface area contributed by atoms with Gasteiger partial charge in [-0.2, -0.15) is 0 Å². The number of carbonyl (C=O) groups excluding carboxylic acids is 1. The lowest BCUT2D eigenvalue weighted by Crippen LogP contribution is -2.30. The summed E-state index contributed by atoms with van der Waals surface area (Å²) in [5.74, 6) is -0.0788. The van der Waals surface area contributed by atoms with Crippen LogP contribution in [0.15, 0.2) is 42.5 Å². The lowest BCUT2D eigenvalue weighted by Gasteiger charge is -2.30. The molecule has 8 heteroatoms. The second kappa shape index (κ2) is 8.24. The Balaban J connectivity index is 1.53. The molecule has 0 aliphatic carbocycles. The first-order valence-electron chi connectivity index (χ1n) is 9.90. The van der Waals surface area contributed by atoms with Crippen molar-refractivity contribution in [1.82, 2.24) is 0 Å². The van der Waals surface area contributed by atoms with E-state index in [1.54, 1.807) is 30.3 Å². The molecule has 0 spiro atoms. The largest absolute Gasteiger partial charge is 0.370 e. The van der Waals surface area contributed by atoms with Crippen LogP contribution in [-0.2, 0) is 10.0 Å². The normalized spacial score (nSPS) is 18.7. The van der Waals surface area contributed by atoms with Crippen LogP contribution in [0, 0.1) is 0 Å². The Morgan fingerprint density at radius 1 is 0.931 bits per heavy atom. The second-order valence-electron chi connectivity index (χ2n) is 7.45. The number of benzene rings is 2. The van der Waals surface area contributed by atoms with Crippen molar-refractivity contribution in [3.8, 4) is 0 Å². The van der Waals surface area contributed by atoms with Gasteiger partial charge in [0.15, 0.2) is 0 Å². The summed E-state index contributed by atoms with van der Waals surface area (Å²) < 4.78 is 25.5. The Morgan fingerprint density at radius 2 is 1.66 bits per heavy atom. The molecule has 29 heavy (non-hydrogen) atoms. The number of carbonyl (C=O) groups is 1. The molecule has 4 rings (SSSR count). The van der Waals surface area contributed by atoms with E-state index in [0.29, 0.717) is 34.9 Å². The zero-order valence-electron chi connectivity index (χ0n) is 16.1. The first kappa shape index (κ1) is 20.0. The van der Waals surface area contributed by atoms with Gasteiger partial charge in [-0.1, -0.05) is 11.6 Å². The van der Waals surface area contributed by atoms with E-state index in [1.165, 1.54) is 10.7 Å². The summed E-state index contributed by atoms with van der Waals surface area (Å²) in [6, 6.07) is 12.2. The van der Waals surface area contributed by atoms with Gasteiger partial charge in [-0.3, -0.25) is 9.10 Å². The predicted molar refractivity (Wildman–Crippen MR) is 118 cm³/mol. The number of rotatable bonds is 4. The summed E-state index contributed by atoms with van der Waals surface area (Å²) in [4.78, 5) is 15.1. The molecule has 2 heterocycles. The van der Waals surface area contributed by atoms with Crippen LogP contribution in [0.2, 0.25) is 5.02 Å². The molecule has 2 aliphatic rings. The standard InChI is InChI=1S/C21H24ClN3O3S/c22-17-7-10-20(24-11-2-1-3-12-24)19(15-17)23-21(26)16-5-8-18(9-6-16)25-13-4-14-29(25,27)28/h5-10,15H,1-4,11-14H2,(H,23,26). The summed E-state index contributed by atoms with van der Waals surface area (Å²) in [7, 11) is -3.23. The van der Waals surface area contributed by atoms with Gasteiger partial charge in [-0.25, -0.2) is 8.42 Å². The molecule has 2 aromatic rings. The minimum Gasteiger partial charge on any atom is -0.370 e. The molecule has 0 atom stereocenters. The highest BCUT2D eigenvalue weighted by atomic mass is 35.5. The number of nitrogens with one attached hydrogen (secondary N) is 1. The van der Waals surface area contributed by atoms with Crippen LogP contribution >= 0.6 is 11.6 Å². The van der Waals surface area contributed by atoms with Crippen molar-refractivity contribution < 1.29 is 13.2 Å². The molecule has 0 radical (unpaired) electrons. The van der Waals surface area contributed by atoms with E-state index in [4.69, 9.17) is 11.6 Å². The minimum absolute atomic E-state index is 0.170. The summed E-state index contributed by atoms with van der Waals surface area (Å²) >= 11 is 6.17. The van der Waals surface area contributed by atoms with E-state index in [2.05, 4.69) is 10.2 Å². The van der Waals surface area contributed by atoms with Crippen LogP contribution in [0.5, 0.6) is 0 Å². The van der Waals surface area contributed by atoms with Gasteiger partial charge in [-0.05, 0) is 68.1 Å². The number of anilines is 3. The van der Waals surface area contributed by atoms with Crippen molar-refractivity contribution in [2.24, 2.45) is 0 Å². The van der Waals surface area contributed by atoms with Crippen LogP contribution in [-0.4, -0.2) is 39.7 Å². The Kier molecular flexibility index (Phi) is 5.69. The highest BCUT2D eigenvalue weighted by molar-refractivity contribution is 7.93. The van der Waals surface area contributed by atoms with Crippen LogP contribution in [0.25, 0.3) is 0 Å². The third-order valence-electron chi connectivity index (χ3n) is 5.42. The van der Waals surface area contributed by atoms with Gasteiger partial charge in [0.2, 0.25) is 10.0 Å². The van der Waals surface area contributed by atoms with Gasteiger partial charge in [0, 0.05) is 30.2 Å². The highest BCUT2D eigenvalue weighted by Crippen LogP contribution is 2.32. The molecule has 6 nitrogen and oxygen atoms in total. The summed E-state index contributed by atoms with van der Waals surface area (Å²) in [5.41, 5.74) is 2.73. The van der Waals surface area contributed by atoms with Gasteiger partial charge in [0.05, 0.1) is 22.8 Å². The highest BCUT2D eigenvalue weighted by Gasteiger charge is 2.28. The van der Waals surface area contributed by atoms with Crippen LogP contribution < -0.4 is 14.5 Å². The topological polar surface area (TPSA) is 69.7 Å². The average molecular weight is 434 g/mol. The quantitative estimate of drug-likeness (QED) is 0.787. The maximum Gasteiger partial charge on any atom is 0.255 e. The number of halogens is 1. The van der Waals surface area contributed by atoms with Crippen LogP contribution in [0.3, 0.4) is 0 Å². The molecule has 0 unspecified atom stereocenters. The minimum atomic E-state index is -3.23. The van der Waals surface area contributed by atoms with Crippen molar-refractivity contribution in [3.63, 3.8) is 0 Å². The lowest BCUT2D eigenvalue weighted by molar-refractivity contribution is 0.102. The summed E-state index contributed by atoms with van der Waals surface area (Å²) in [6.45, 7) is 2.41. The number of piperidine rings is 1. The molecule has 0 bridgehead atoms. The molecule has 2 fully saturated rings. The van der Waals surface area contributed by atoms with Crippen molar-refractivity contribution in [2.45, 2.75) is 25.7 Å². The molecule has 2 aliphatic heterocycles. The maximum atomic E-state index is 12.8. The Hall–Kier alpha value is -2.25. The predicted octanol–water partition coefficient (Wildman–Crippen LogP) is 4.12. The number of hydrogen-bond donors (Lipinski definition) is 1. The number of nitrogens with zero attached hydrogens (tertiary/aromatic N) is 2. The van der Waals surface area contributed by atoms with Gasteiger partial charge in [0.25, 0.3) is 5.91 Å². The fourth-order valence-corrected chi connectivity index (χ4v) is 5.66. The van der Waals surface area contributed by atoms with Crippen molar-refractivity contribution in [3.05, 3.63) is 53.1 Å². The lowest BCUT2D eigenvalue weighted by atomic mass is 10.1. The number of hydrogen-bond acceptors (Lipinski definition) is 4. The molecule has 0 saturated carbocycles.